The second kappa shape index (κ2) is 6.09. The molecule has 4 nitrogen and oxygen atoms in total. The van der Waals surface area contributed by atoms with Crippen molar-refractivity contribution in [3.05, 3.63) is 35.4 Å². The lowest BCUT2D eigenvalue weighted by molar-refractivity contribution is -0.133. The Morgan fingerprint density at radius 1 is 1.28 bits per heavy atom. The molecule has 0 aromatic heterocycles. The van der Waals surface area contributed by atoms with Crippen molar-refractivity contribution < 1.29 is 18.4 Å². The molecular weight excluding hydrogens is 242 g/mol. The molecule has 1 aromatic rings. The molecule has 98 valence electrons. The number of nitrogens with one attached hydrogen (secondary N) is 1. The van der Waals surface area contributed by atoms with Crippen LogP contribution in [0, 0.1) is 17.6 Å². The van der Waals surface area contributed by atoms with E-state index < -0.39 is 29.4 Å². The highest BCUT2D eigenvalue weighted by atomic mass is 19.1. The lowest BCUT2D eigenvalue weighted by Crippen LogP contribution is -2.38. The van der Waals surface area contributed by atoms with Gasteiger partial charge < -0.3 is 11.1 Å². The van der Waals surface area contributed by atoms with E-state index in [-0.39, 0.29) is 18.5 Å². The molecule has 1 unspecified atom stereocenters. The first-order valence-corrected chi connectivity index (χ1v) is 5.46. The molecule has 2 amide bonds. The third-order valence-corrected chi connectivity index (χ3v) is 2.46. The zero-order chi connectivity index (χ0) is 13.7. The van der Waals surface area contributed by atoms with Gasteiger partial charge in [-0.2, -0.15) is 0 Å². The van der Waals surface area contributed by atoms with Crippen LogP contribution in [0.3, 0.4) is 0 Å². The van der Waals surface area contributed by atoms with Crippen molar-refractivity contribution in [1.82, 2.24) is 5.32 Å². The number of carbonyl (C=O) groups is 2. The molecule has 0 aliphatic heterocycles. The van der Waals surface area contributed by atoms with Crippen molar-refractivity contribution in [3.8, 4) is 0 Å². The minimum absolute atomic E-state index is 0.0582. The fourth-order valence-corrected chi connectivity index (χ4v) is 1.54. The molecule has 0 saturated carbocycles. The molecule has 0 fully saturated rings. The Balaban J connectivity index is 2.64. The van der Waals surface area contributed by atoms with Gasteiger partial charge in [-0.25, -0.2) is 8.78 Å². The summed E-state index contributed by atoms with van der Waals surface area (Å²) in [5.74, 6) is -3.64. The van der Waals surface area contributed by atoms with E-state index in [0.717, 1.165) is 18.2 Å². The number of rotatable bonds is 5. The van der Waals surface area contributed by atoms with E-state index in [1.54, 1.807) is 6.92 Å². The van der Waals surface area contributed by atoms with Crippen molar-refractivity contribution in [2.75, 3.05) is 0 Å². The fourth-order valence-electron chi connectivity index (χ4n) is 1.54. The minimum atomic E-state index is -0.927. The van der Waals surface area contributed by atoms with Gasteiger partial charge in [0.1, 0.15) is 17.6 Å². The van der Waals surface area contributed by atoms with Gasteiger partial charge in [-0.05, 0) is 24.1 Å². The molecule has 0 aliphatic carbocycles. The average molecular weight is 256 g/mol. The topological polar surface area (TPSA) is 72.2 Å². The molecule has 0 aliphatic rings. The van der Waals surface area contributed by atoms with Gasteiger partial charge in [-0.15, -0.1) is 0 Å². The van der Waals surface area contributed by atoms with Crippen molar-refractivity contribution in [2.45, 2.75) is 19.9 Å². The number of hydrogen-bond acceptors (Lipinski definition) is 2. The van der Waals surface area contributed by atoms with Crippen LogP contribution in [0.4, 0.5) is 8.78 Å². The Hall–Kier alpha value is -1.98. The molecule has 1 aromatic carbocycles. The Bertz CT molecular complexity index is 443. The molecule has 0 radical (unpaired) electrons. The molecular formula is C12H14F2N2O2. The second-order valence-electron chi connectivity index (χ2n) is 3.86. The van der Waals surface area contributed by atoms with E-state index in [2.05, 4.69) is 5.32 Å². The normalized spacial score (nSPS) is 11.9. The SMILES string of the molecule is CCC(C(N)=O)C(=O)NCc1cc(F)cc(F)c1. The summed E-state index contributed by atoms with van der Waals surface area (Å²) in [6, 6.07) is 2.95. The maximum Gasteiger partial charge on any atom is 0.232 e. The van der Waals surface area contributed by atoms with Crippen LogP contribution in [0.25, 0.3) is 0 Å². The van der Waals surface area contributed by atoms with Crippen molar-refractivity contribution in [1.29, 1.82) is 0 Å². The summed E-state index contributed by atoms with van der Waals surface area (Å²) in [7, 11) is 0. The van der Waals surface area contributed by atoms with Crippen LogP contribution in [0.1, 0.15) is 18.9 Å². The Morgan fingerprint density at radius 2 is 1.83 bits per heavy atom. The minimum Gasteiger partial charge on any atom is -0.369 e. The Morgan fingerprint density at radius 3 is 2.28 bits per heavy atom. The maximum absolute atomic E-state index is 12.9. The molecule has 0 spiro atoms. The summed E-state index contributed by atoms with van der Waals surface area (Å²) < 4.78 is 25.8. The van der Waals surface area contributed by atoms with Gasteiger partial charge in [0.25, 0.3) is 0 Å². The van der Waals surface area contributed by atoms with Crippen LogP contribution >= 0.6 is 0 Å². The number of nitrogens with two attached hydrogens (primary N) is 1. The zero-order valence-corrected chi connectivity index (χ0v) is 9.87. The van der Waals surface area contributed by atoms with Crippen molar-refractivity contribution >= 4 is 11.8 Å². The van der Waals surface area contributed by atoms with E-state index in [1.165, 1.54) is 0 Å². The molecule has 0 saturated heterocycles. The first-order chi connectivity index (χ1) is 8.43. The Labute approximate surface area is 103 Å². The van der Waals surface area contributed by atoms with Crippen LogP contribution in [-0.2, 0) is 16.1 Å². The van der Waals surface area contributed by atoms with Gasteiger partial charge in [0, 0.05) is 12.6 Å². The monoisotopic (exact) mass is 256 g/mol. The predicted octanol–water partition coefficient (Wildman–Crippen LogP) is 1.09. The molecule has 18 heavy (non-hydrogen) atoms. The highest BCUT2D eigenvalue weighted by Crippen LogP contribution is 2.08. The van der Waals surface area contributed by atoms with E-state index >= 15 is 0 Å². The third kappa shape index (κ3) is 3.80. The fraction of sp³-hybridized carbons (Fsp3) is 0.333. The van der Waals surface area contributed by atoms with Crippen LogP contribution in [0.5, 0.6) is 0 Å². The summed E-state index contributed by atoms with van der Waals surface area (Å²) in [5.41, 5.74) is 5.32. The molecule has 0 heterocycles. The zero-order valence-electron chi connectivity index (χ0n) is 9.87. The van der Waals surface area contributed by atoms with Crippen LogP contribution in [0.2, 0.25) is 0 Å². The molecule has 1 rings (SSSR count). The van der Waals surface area contributed by atoms with Gasteiger partial charge in [0.15, 0.2) is 0 Å². The summed E-state index contributed by atoms with van der Waals surface area (Å²) in [6.07, 6.45) is 0.276. The van der Waals surface area contributed by atoms with E-state index in [1.807, 2.05) is 0 Å². The first-order valence-electron chi connectivity index (χ1n) is 5.46. The standard InChI is InChI=1S/C12H14F2N2O2/c1-2-10(11(15)17)12(18)16-6-7-3-8(13)5-9(14)4-7/h3-5,10H,2,6H2,1H3,(H2,15,17)(H,16,18). The van der Waals surface area contributed by atoms with Crippen molar-refractivity contribution in [2.24, 2.45) is 11.7 Å². The number of amides is 2. The molecule has 0 bridgehead atoms. The molecule has 3 N–H and O–H groups in total. The molecule has 6 heteroatoms. The molecule has 1 atom stereocenters. The van der Waals surface area contributed by atoms with E-state index in [0.29, 0.717) is 0 Å². The highest BCUT2D eigenvalue weighted by Gasteiger charge is 2.21. The first kappa shape index (κ1) is 14.1. The summed E-state index contributed by atoms with van der Waals surface area (Å²) in [5, 5.41) is 2.41. The lowest BCUT2D eigenvalue weighted by atomic mass is 10.1. The van der Waals surface area contributed by atoms with Crippen molar-refractivity contribution in [3.63, 3.8) is 0 Å². The van der Waals surface area contributed by atoms with E-state index in [4.69, 9.17) is 5.73 Å². The third-order valence-electron chi connectivity index (χ3n) is 2.46. The smallest absolute Gasteiger partial charge is 0.232 e. The van der Waals surface area contributed by atoms with Gasteiger partial charge in [0.2, 0.25) is 11.8 Å². The van der Waals surface area contributed by atoms with Crippen LogP contribution in [0.15, 0.2) is 18.2 Å². The summed E-state index contributed by atoms with van der Waals surface area (Å²) in [4.78, 5) is 22.5. The van der Waals surface area contributed by atoms with Gasteiger partial charge in [-0.3, -0.25) is 9.59 Å². The number of halogens is 2. The van der Waals surface area contributed by atoms with Crippen LogP contribution < -0.4 is 11.1 Å². The largest absolute Gasteiger partial charge is 0.369 e. The number of carbonyl (C=O) groups excluding carboxylic acids is 2. The quantitative estimate of drug-likeness (QED) is 0.774. The summed E-state index contributed by atoms with van der Waals surface area (Å²) in [6.45, 7) is 1.59. The second-order valence-corrected chi connectivity index (χ2v) is 3.86. The maximum atomic E-state index is 12.9. The average Bonchev–Trinajstić information content (AvgIpc) is 2.25. The predicted molar refractivity (Wildman–Crippen MR) is 61.2 cm³/mol. The number of primary amides is 1. The number of benzene rings is 1. The van der Waals surface area contributed by atoms with Gasteiger partial charge >= 0.3 is 0 Å². The van der Waals surface area contributed by atoms with Gasteiger partial charge in [0.05, 0.1) is 0 Å². The van der Waals surface area contributed by atoms with E-state index in [9.17, 15) is 18.4 Å². The number of hydrogen-bond donors (Lipinski definition) is 2. The lowest BCUT2D eigenvalue weighted by Gasteiger charge is -2.11. The van der Waals surface area contributed by atoms with Gasteiger partial charge in [-0.1, -0.05) is 6.92 Å². The summed E-state index contributed by atoms with van der Waals surface area (Å²) >= 11 is 0. The van der Waals surface area contributed by atoms with Crippen LogP contribution in [-0.4, -0.2) is 11.8 Å². The Kier molecular flexibility index (Phi) is 4.76. The highest BCUT2D eigenvalue weighted by molar-refractivity contribution is 5.99.